The van der Waals surface area contributed by atoms with Gasteiger partial charge in [0.25, 0.3) is 0 Å². The Labute approximate surface area is 152 Å². The van der Waals surface area contributed by atoms with Crippen LogP contribution in [0.15, 0.2) is 58.4 Å². The van der Waals surface area contributed by atoms with E-state index in [9.17, 15) is 14.0 Å². The molecule has 2 heterocycles. The van der Waals surface area contributed by atoms with Gasteiger partial charge in [-0.3, -0.25) is 10.1 Å². The van der Waals surface area contributed by atoms with Gasteiger partial charge >= 0.3 is 6.03 Å². The number of halogens is 1. The molecule has 0 aliphatic heterocycles. The molecule has 3 amide bonds. The number of carbonyl (C=O) groups excluding carboxylic acids is 2. The number of imide groups is 1. The number of nitrogens with zero attached hydrogens (tertiary/aromatic N) is 1. The van der Waals surface area contributed by atoms with E-state index in [1.807, 2.05) is 0 Å². The summed E-state index contributed by atoms with van der Waals surface area (Å²) in [6.07, 6.45) is 3.10. The number of aromatic amines is 1. The molecule has 3 aromatic rings. The van der Waals surface area contributed by atoms with Gasteiger partial charge in [0.15, 0.2) is 5.16 Å². The fourth-order valence-corrected chi connectivity index (χ4v) is 2.72. The Morgan fingerprint density at radius 2 is 2.04 bits per heavy atom. The lowest BCUT2D eigenvalue weighted by atomic mass is 10.2. The minimum absolute atomic E-state index is 0.0184. The molecule has 26 heavy (non-hydrogen) atoms. The van der Waals surface area contributed by atoms with Crippen LogP contribution < -0.4 is 10.6 Å². The van der Waals surface area contributed by atoms with Crippen LogP contribution in [-0.2, 0) is 11.3 Å². The van der Waals surface area contributed by atoms with Gasteiger partial charge in [0.1, 0.15) is 11.6 Å². The fraction of sp³-hybridized carbons (Fsp3) is 0.118. The summed E-state index contributed by atoms with van der Waals surface area (Å²) in [5, 5.41) is 5.26. The zero-order chi connectivity index (χ0) is 18.4. The van der Waals surface area contributed by atoms with Crippen LogP contribution in [0.3, 0.4) is 0 Å². The number of carbonyl (C=O) groups is 2. The van der Waals surface area contributed by atoms with Crippen molar-refractivity contribution in [3.8, 4) is 11.3 Å². The van der Waals surface area contributed by atoms with E-state index >= 15 is 0 Å². The van der Waals surface area contributed by atoms with Crippen LogP contribution in [0, 0.1) is 5.82 Å². The van der Waals surface area contributed by atoms with Crippen molar-refractivity contribution in [1.82, 2.24) is 20.6 Å². The monoisotopic (exact) mass is 374 g/mol. The predicted molar refractivity (Wildman–Crippen MR) is 93.8 cm³/mol. The van der Waals surface area contributed by atoms with Crippen molar-refractivity contribution in [2.75, 3.05) is 5.75 Å². The molecule has 1 aromatic carbocycles. The summed E-state index contributed by atoms with van der Waals surface area (Å²) in [6, 6.07) is 8.81. The van der Waals surface area contributed by atoms with E-state index in [0.717, 1.165) is 17.3 Å². The van der Waals surface area contributed by atoms with Gasteiger partial charge in [0, 0.05) is 0 Å². The van der Waals surface area contributed by atoms with Gasteiger partial charge in [-0.2, -0.15) is 0 Å². The smallest absolute Gasteiger partial charge is 0.321 e. The number of H-pyrrole nitrogens is 1. The molecule has 0 bridgehead atoms. The Morgan fingerprint density at radius 1 is 1.23 bits per heavy atom. The maximum atomic E-state index is 12.9. The minimum Gasteiger partial charge on any atom is -0.467 e. The second kappa shape index (κ2) is 8.34. The minimum atomic E-state index is -0.599. The number of hydrogen-bond acceptors (Lipinski definition) is 5. The normalized spacial score (nSPS) is 10.5. The summed E-state index contributed by atoms with van der Waals surface area (Å²) in [6.45, 7) is 0.193. The van der Waals surface area contributed by atoms with E-state index in [4.69, 9.17) is 4.42 Å². The molecule has 0 unspecified atom stereocenters. The predicted octanol–water partition coefficient (Wildman–Crippen LogP) is 2.93. The summed E-state index contributed by atoms with van der Waals surface area (Å²) in [7, 11) is 0. The lowest BCUT2D eigenvalue weighted by Crippen LogP contribution is -2.39. The van der Waals surface area contributed by atoms with Crippen LogP contribution in [0.1, 0.15) is 5.76 Å². The van der Waals surface area contributed by atoms with E-state index in [-0.39, 0.29) is 18.1 Å². The van der Waals surface area contributed by atoms with Crippen LogP contribution >= 0.6 is 11.8 Å². The summed E-state index contributed by atoms with van der Waals surface area (Å²) in [4.78, 5) is 30.6. The van der Waals surface area contributed by atoms with Crippen LogP contribution in [0.2, 0.25) is 0 Å². The van der Waals surface area contributed by atoms with Gasteiger partial charge in [-0.1, -0.05) is 11.8 Å². The van der Waals surface area contributed by atoms with Gasteiger partial charge < -0.3 is 14.7 Å². The van der Waals surface area contributed by atoms with Gasteiger partial charge in [0.2, 0.25) is 5.91 Å². The van der Waals surface area contributed by atoms with Crippen molar-refractivity contribution in [2.45, 2.75) is 11.7 Å². The second-order valence-corrected chi connectivity index (χ2v) is 6.17. The highest BCUT2D eigenvalue weighted by atomic mass is 32.2. The maximum absolute atomic E-state index is 12.9. The number of nitrogens with one attached hydrogen (secondary N) is 3. The molecule has 3 N–H and O–H groups in total. The molecule has 0 saturated heterocycles. The lowest BCUT2D eigenvalue weighted by Gasteiger charge is -2.04. The average Bonchev–Trinajstić information content (AvgIpc) is 3.31. The highest BCUT2D eigenvalue weighted by Gasteiger charge is 2.10. The van der Waals surface area contributed by atoms with Crippen molar-refractivity contribution in [3.63, 3.8) is 0 Å². The topological polar surface area (TPSA) is 100 Å². The Kier molecular flexibility index (Phi) is 5.69. The molecular weight excluding hydrogens is 359 g/mol. The Bertz CT molecular complexity index is 878. The first-order valence-electron chi connectivity index (χ1n) is 7.64. The molecule has 0 fully saturated rings. The molecule has 7 nitrogen and oxygen atoms in total. The summed E-state index contributed by atoms with van der Waals surface area (Å²) in [5.41, 5.74) is 1.50. The zero-order valence-electron chi connectivity index (χ0n) is 13.5. The Hall–Kier alpha value is -3.07. The molecule has 0 aliphatic rings. The number of hydrogen-bond donors (Lipinski definition) is 3. The van der Waals surface area contributed by atoms with Crippen molar-refractivity contribution >= 4 is 23.7 Å². The standard InChI is InChI=1S/C17H15FN4O3S/c18-12-5-3-11(4-6-12)14-9-20-17(21-14)26-10-15(23)22-16(24)19-8-13-2-1-7-25-13/h1-7,9H,8,10H2,(H,20,21)(H2,19,22,23,24). The number of thioether (sulfide) groups is 1. The molecule has 134 valence electrons. The SMILES string of the molecule is O=C(CSc1ncc(-c2ccc(F)cc2)[nH]1)NC(=O)NCc1ccco1. The molecule has 0 aliphatic carbocycles. The number of imidazole rings is 1. The van der Waals surface area contributed by atoms with E-state index in [2.05, 4.69) is 20.6 Å². The third-order valence-electron chi connectivity index (χ3n) is 3.30. The fourth-order valence-electron chi connectivity index (χ4n) is 2.07. The van der Waals surface area contributed by atoms with E-state index in [1.54, 1.807) is 30.5 Å². The summed E-state index contributed by atoms with van der Waals surface area (Å²) >= 11 is 1.15. The highest BCUT2D eigenvalue weighted by Crippen LogP contribution is 2.21. The molecule has 0 atom stereocenters. The molecule has 2 aromatic heterocycles. The first-order chi connectivity index (χ1) is 12.6. The molecule has 0 saturated carbocycles. The Morgan fingerprint density at radius 3 is 2.77 bits per heavy atom. The van der Waals surface area contributed by atoms with Crippen molar-refractivity contribution in [3.05, 3.63) is 60.4 Å². The summed E-state index contributed by atoms with van der Waals surface area (Å²) in [5.74, 6) is -0.160. The molecule has 9 heteroatoms. The largest absolute Gasteiger partial charge is 0.467 e. The van der Waals surface area contributed by atoms with Gasteiger partial charge in [-0.25, -0.2) is 14.2 Å². The first kappa shape index (κ1) is 17.7. The number of furan rings is 1. The van der Waals surface area contributed by atoms with Crippen molar-refractivity contribution in [1.29, 1.82) is 0 Å². The van der Waals surface area contributed by atoms with Gasteiger partial charge in [-0.05, 0) is 42.0 Å². The lowest BCUT2D eigenvalue weighted by molar-refractivity contribution is -0.117. The van der Waals surface area contributed by atoms with Crippen molar-refractivity contribution < 1.29 is 18.4 Å². The number of benzene rings is 1. The van der Waals surface area contributed by atoms with Crippen LogP contribution in [0.4, 0.5) is 9.18 Å². The molecule has 0 radical (unpaired) electrons. The molecule has 0 spiro atoms. The third-order valence-corrected chi connectivity index (χ3v) is 4.19. The molecule has 3 rings (SSSR count). The number of amides is 3. The average molecular weight is 374 g/mol. The zero-order valence-corrected chi connectivity index (χ0v) is 14.3. The van der Waals surface area contributed by atoms with Crippen LogP contribution in [0.5, 0.6) is 0 Å². The first-order valence-corrected chi connectivity index (χ1v) is 8.62. The van der Waals surface area contributed by atoms with E-state index < -0.39 is 11.9 Å². The van der Waals surface area contributed by atoms with E-state index in [1.165, 1.54) is 18.4 Å². The quantitative estimate of drug-likeness (QED) is 0.576. The maximum Gasteiger partial charge on any atom is 0.321 e. The third kappa shape index (κ3) is 4.96. The van der Waals surface area contributed by atoms with Gasteiger partial charge in [0.05, 0.1) is 30.5 Å². The van der Waals surface area contributed by atoms with Gasteiger partial charge in [-0.15, -0.1) is 0 Å². The highest BCUT2D eigenvalue weighted by molar-refractivity contribution is 7.99. The van der Waals surface area contributed by atoms with E-state index in [0.29, 0.717) is 16.6 Å². The Balaban J connectivity index is 1.44. The van der Waals surface area contributed by atoms with Crippen LogP contribution in [-0.4, -0.2) is 27.7 Å². The number of aromatic nitrogens is 2. The van der Waals surface area contributed by atoms with Crippen LogP contribution in [0.25, 0.3) is 11.3 Å². The number of rotatable bonds is 6. The summed E-state index contributed by atoms with van der Waals surface area (Å²) < 4.78 is 18.0. The second-order valence-electron chi connectivity index (χ2n) is 5.21. The number of urea groups is 1. The van der Waals surface area contributed by atoms with Crippen molar-refractivity contribution in [2.24, 2.45) is 0 Å². The molecular formula is C17H15FN4O3S.